The van der Waals surface area contributed by atoms with Crippen molar-refractivity contribution in [1.29, 1.82) is 5.41 Å². The van der Waals surface area contributed by atoms with Crippen molar-refractivity contribution in [1.82, 2.24) is 10.2 Å². The maximum Gasteiger partial charge on any atom is 0.290 e. The van der Waals surface area contributed by atoms with Crippen LogP contribution in [0.2, 0.25) is 0 Å². The SMILES string of the molecule is N=C(N)/N=C1\C(=O)NC(O)N1[C@H]1C[C@H](O)[C@@H](CO)O1. The number of hydrogen-bond acceptors (Lipinski definition) is 6. The molecule has 7 N–H and O–H groups in total. The predicted octanol–water partition coefficient (Wildman–Crippen LogP) is -3.55. The second-order valence-corrected chi connectivity index (χ2v) is 4.19. The van der Waals surface area contributed by atoms with Crippen molar-refractivity contribution in [2.24, 2.45) is 10.7 Å². The number of aliphatic imine (C=N–C) groups is 1. The zero-order valence-electron chi connectivity index (χ0n) is 9.85. The average Bonchev–Trinajstić information content (AvgIpc) is 2.80. The molecule has 0 aromatic heterocycles. The summed E-state index contributed by atoms with van der Waals surface area (Å²) in [6.07, 6.45) is -3.88. The average molecular weight is 273 g/mol. The third-order valence-electron chi connectivity index (χ3n) is 2.89. The smallest absolute Gasteiger partial charge is 0.290 e. The summed E-state index contributed by atoms with van der Waals surface area (Å²) in [6.45, 7) is -0.387. The highest BCUT2D eigenvalue weighted by Gasteiger charge is 2.45. The highest BCUT2D eigenvalue weighted by molar-refractivity contribution is 6.41. The van der Waals surface area contributed by atoms with E-state index in [1.807, 2.05) is 0 Å². The second kappa shape index (κ2) is 5.09. The maximum atomic E-state index is 11.6. The zero-order valence-corrected chi connectivity index (χ0v) is 9.85. The van der Waals surface area contributed by atoms with Gasteiger partial charge in [-0.25, -0.2) is 0 Å². The monoisotopic (exact) mass is 273 g/mol. The first kappa shape index (κ1) is 13.7. The van der Waals surface area contributed by atoms with Gasteiger partial charge in [-0.05, 0) is 0 Å². The number of amides is 1. The topological polar surface area (TPSA) is 164 Å². The number of nitrogens with one attached hydrogen (secondary N) is 2. The Balaban J connectivity index is 2.22. The molecule has 0 aromatic carbocycles. The van der Waals surface area contributed by atoms with Crippen molar-refractivity contribution in [2.75, 3.05) is 6.61 Å². The number of carbonyl (C=O) groups excluding carboxylic acids is 1. The number of carbonyl (C=O) groups is 1. The van der Waals surface area contributed by atoms with E-state index >= 15 is 0 Å². The summed E-state index contributed by atoms with van der Waals surface area (Å²) in [7, 11) is 0. The van der Waals surface area contributed by atoms with Crippen molar-refractivity contribution in [3.05, 3.63) is 0 Å². The lowest BCUT2D eigenvalue weighted by Gasteiger charge is -2.26. The fraction of sp³-hybridized carbons (Fsp3) is 0.667. The zero-order chi connectivity index (χ0) is 14.2. The number of ether oxygens (including phenoxy) is 1. The Morgan fingerprint density at radius 3 is 2.84 bits per heavy atom. The van der Waals surface area contributed by atoms with E-state index < -0.39 is 36.7 Å². The number of guanidine groups is 1. The summed E-state index contributed by atoms with van der Waals surface area (Å²) in [6, 6.07) is 0. The highest BCUT2D eigenvalue weighted by Crippen LogP contribution is 2.26. The predicted molar refractivity (Wildman–Crippen MR) is 61.7 cm³/mol. The number of nitrogens with zero attached hydrogens (tertiary/aromatic N) is 2. The van der Waals surface area contributed by atoms with Gasteiger partial charge in [-0.15, -0.1) is 0 Å². The van der Waals surface area contributed by atoms with E-state index in [0.717, 1.165) is 4.90 Å². The third-order valence-corrected chi connectivity index (χ3v) is 2.89. The first-order valence-corrected chi connectivity index (χ1v) is 5.58. The summed E-state index contributed by atoms with van der Waals surface area (Å²) in [4.78, 5) is 16.1. The Labute approximate surface area is 108 Å². The normalized spacial score (nSPS) is 36.9. The summed E-state index contributed by atoms with van der Waals surface area (Å²) < 4.78 is 5.32. The van der Waals surface area contributed by atoms with Crippen molar-refractivity contribution >= 4 is 17.7 Å². The molecule has 2 saturated heterocycles. The molecule has 19 heavy (non-hydrogen) atoms. The minimum atomic E-state index is -1.39. The Kier molecular flexibility index (Phi) is 3.66. The molecule has 106 valence electrons. The lowest BCUT2D eigenvalue weighted by atomic mass is 10.2. The fourth-order valence-electron chi connectivity index (χ4n) is 2.05. The van der Waals surface area contributed by atoms with Gasteiger partial charge in [-0.2, -0.15) is 4.99 Å². The van der Waals surface area contributed by atoms with Gasteiger partial charge in [0.2, 0.25) is 18.1 Å². The van der Waals surface area contributed by atoms with Crippen LogP contribution in [0.25, 0.3) is 0 Å². The first-order chi connectivity index (χ1) is 8.93. The lowest BCUT2D eigenvalue weighted by Crippen LogP contribution is -2.45. The van der Waals surface area contributed by atoms with E-state index in [-0.39, 0.29) is 18.9 Å². The molecule has 2 aliphatic rings. The number of nitrogens with two attached hydrogens (primary N) is 1. The Morgan fingerprint density at radius 1 is 1.63 bits per heavy atom. The van der Waals surface area contributed by atoms with Crippen molar-refractivity contribution < 1.29 is 24.9 Å². The van der Waals surface area contributed by atoms with Crippen LogP contribution in [-0.2, 0) is 9.53 Å². The summed E-state index contributed by atoms with van der Waals surface area (Å²) in [5, 5.41) is 37.6. The quantitative estimate of drug-likeness (QED) is 0.224. The van der Waals surface area contributed by atoms with E-state index in [1.165, 1.54) is 0 Å². The Bertz CT molecular complexity index is 427. The summed E-state index contributed by atoms with van der Waals surface area (Å²) in [5.74, 6) is -1.56. The largest absolute Gasteiger partial charge is 0.394 e. The first-order valence-electron chi connectivity index (χ1n) is 5.58. The van der Waals surface area contributed by atoms with Crippen molar-refractivity contribution in [3.8, 4) is 0 Å². The summed E-state index contributed by atoms with van der Waals surface area (Å²) >= 11 is 0. The van der Waals surface area contributed by atoms with E-state index in [2.05, 4.69) is 10.3 Å². The molecule has 1 unspecified atom stereocenters. The Hall–Kier alpha value is -1.75. The van der Waals surface area contributed by atoms with Gasteiger partial charge in [0.15, 0.2) is 0 Å². The number of amidine groups is 1. The molecule has 10 heteroatoms. The summed E-state index contributed by atoms with van der Waals surface area (Å²) in [5.41, 5.74) is 5.10. The molecule has 2 fully saturated rings. The molecule has 0 aromatic rings. The van der Waals surface area contributed by atoms with Gasteiger partial charge >= 0.3 is 0 Å². The number of rotatable bonds is 2. The molecule has 2 rings (SSSR count). The van der Waals surface area contributed by atoms with E-state index in [0.29, 0.717) is 0 Å². The molecular weight excluding hydrogens is 258 g/mol. The fourth-order valence-corrected chi connectivity index (χ4v) is 2.05. The number of hydrogen-bond donors (Lipinski definition) is 6. The molecule has 2 aliphatic heterocycles. The van der Waals surface area contributed by atoms with Gasteiger partial charge in [0.25, 0.3) is 5.91 Å². The van der Waals surface area contributed by atoms with Crippen LogP contribution >= 0.6 is 0 Å². The molecular formula is C9H15N5O5. The van der Waals surface area contributed by atoms with Gasteiger partial charge in [0.05, 0.1) is 12.7 Å². The molecule has 4 atom stereocenters. The molecule has 0 spiro atoms. The van der Waals surface area contributed by atoms with Crippen LogP contribution in [0.15, 0.2) is 4.99 Å². The van der Waals surface area contributed by atoms with Gasteiger partial charge in [0, 0.05) is 6.42 Å². The van der Waals surface area contributed by atoms with Gasteiger partial charge in [0.1, 0.15) is 12.3 Å². The van der Waals surface area contributed by atoms with Crippen LogP contribution in [0.1, 0.15) is 6.42 Å². The number of aliphatic hydroxyl groups excluding tert-OH is 3. The van der Waals surface area contributed by atoms with Crippen LogP contribution < -0.4 is 11.1 Å². The minimum absolute atomic E-state index is 0.0776. The lowest BCUT2D eigenvalue weighted by molar-refractivity contribution is -0.118. The molecule has 1 amide bonds. The highest BCUT2D eigenvalue weighted by atomic mass is 16.5. The van der Waals surface area contributed by atoms with Crippen molar-refractivity contribution in [2.45, 2.75) is 31.2 Å². The molecule has 2 heterocycles. The van der Waals surface area contributed by atoms with Crippen LogP contribution in [0.4, 0.5) is 0 Å². The molecule has 0 bridgehead atoms. The van der Waals surface area contributed by atoms with Gasteiger partial charge < -0.3 is 31.1 Å². The second-order valence-electron chi connectivity index (χ2n) is 4.19. The van der Waals surface area contributed by atoms with E-state index in [9.17, 15) is 15.0 Å². The van der Waals surface area contributed by atoms with Crippen LogP contribution in [0.5, 0.6) is 0 Å². The molecule has 0 saturated carbocycles. The van der Waals surface area contributed by atoms with Crippen molar-refractivity contribution in [3.63, 3.8) is 0 Å². The van der Waals surface area contributed by atoms with E-state index in [1.54, 1.807) is 0 Å². The Morgan fingerprint density at radius 2 is 2.32 bits per heavy atom. The molecule has 0 radical (unpaired) electrons. The van der Waals surface area contributed by atoms with Crippen LogP contribution in [0.3, 0.4) is 0 Å². The van der Waals surface area contributed by atoms with Crippen LogP contribution in [-0.4, -0.2) is 69.3 Å². The third kappa shape index (κ3) is 2.51. The maximum absolute atomic E-state index is 11.6. The minimum Gasteiger partial charge on any atom is -0.394 e. The van der Waals surface area contributed by atoms with Gasteiger partial charge in [-0.3, -0.25) is 15.1 Å². The number of aliphatic hydroxyl groups is 3. The van der Waals surface area contributed by atoms with Gasteiger partial charge in [-0.1, -0.05) is 0 Å². The van der Waals surface area contributed by atoms with Crippen LogP contribution in [0, 0.1) is 5.41 Å². The standard InChI is InChI=1S/C9H15N5O5/c10-8(11)12-6-7(17)13-9(18)14(6)5-1-3(16)4(2-15)19-5/h3-5,9,15-16,18H,1-2H2,(H3,10,11)(H,13,17)/b12-6+/t3-,4+,5+,9?/m0/s1. The molecule has 0 aliphatic carbocycles. The van der Waals surface area contributed by atoms with E-state index in [4.69, 9.17) is 21.0 Å². The molecule has 10 nitrogen and oxygen atoms in total.